The molecule has 0 bridgehead atoms. The fraction of sp³-hybridized carbons (Fsp3) is 0.500. The number of carboxylic acid groups (broad SMARTS) is 1. The van der Waals surface area contributed by atoms with Gasteiger partial charge < -0.3 is 10.0 Å². The van der Waals surface area contributed by atoms with E-state index >= 15 is 0 Å². The van der Waals surface area contributed by atoms with Crippen LogP contribution in [-0.4, -0.2) is 49.9 Å². The number of nitrogens with one attached hydrogen (secondary N) is 1. The zero-order valence-corrected chi connectivity index (χ0v) is 14.4. The van der Waals surface area contributed by atoms with Crippen LogP contribution in [0.2, 0.25) is 0 Å². The second-order valence-corrected chi connectivity index (χ2v) is 7.71. The van der Waals surface area contributed by atoms with E-state index in [4.69, 9.17) is 5.11 Å². The number of hydrogen-bond acceptors (Lipinski definition) is 4. The fourth-order valence-corrected chi connectivity index (χ4v) is 3.46. The minimum absolute atomic E-state index is 0.0146. The molecule has 1 aliphatic carbocycles. The van der Waals surface area contributed by atoms with Gasteiger partial charge in [0.1, 0.15) is 6.54 Å². The molecule has 0 aliphatic heterocycles. The Balaban J connectivity index is 2.18. The molecule has 1 amide bonds. The molecular formula is C16H22N2O5S. The Morgan fingerprint density at radius 3 is 2.62 bits per heavy atom. The fourth-order valence-electron chi connectivity index (χ4n) is 2.30. The largest absolute Gasteiger partial charge is 0.480 e. The summed E-state index contributed by atoms with van der Waals surface area (Å²) in [5, 5.41) is 8.92. The van der Waals surface area contributed by atoms with E-state index in [0.29, 0.717) is 25.4 Å². The number of carbonyl (C=O) groups excluding carboxylic acids is 1. The van der Waals surface area contributed by atoms with Crippen molar-refractivity contribution < 1.29 is 23.1 Å². The molecule has 0 heterocycles. The Bertz CT molecular complexity index is 713. The minimum atomic E-state index is -3.67. The molecule has 0 atom stereocenters. The van der Waals surface area contributed by atoms with Crippen LogP contribution >= 0.6 is 0 Å². The molecule has 1 saturated carbocycles. The van der Waals surface area contributed by atoms with Crippen LogP contribution in [0.4, 0.5) is 0 Å². The van der Waals surface area contributed by atoms with E-state index in [1.54, 1.807) is 0 Å². The lowest BCUT2D eigenvalue weighted by Gasteiger charge is -2.20. The van der Waals surface area contributed by atoms with E-state index in [1.165, 1.54) is 29.2 Å². The average Bonchev–Trinajstić information content (AvgIpc) is 3.36. The predicted molar refractivity (Wildman–Crippen MR) is 88.2 cm³/mol. The third-order valence-electron chi connectivity index (χ3n) is 3.76. The topological polar surface area (TPSA) is 104 Å². The summed E-state index contributed by atoms with van der Waals surface area (Å²) in [5.74, 6) is -1.19. The molecule has 0 spiro atoms. The highest BCUT2D eigenvalue weighted by atomic mass is 32.2. The Kier molecular flexibility index (Phi) is 5.95. The second kappa shape index (κ2) is 7.76. The number of benzene rings is 1. The van der Waals surface area contributed by atoms with Crippen LogP contribution < -0.4 is 4.72 Å². The highest BCUT2D eigenvalue weighted by molar-refractivity contribution is 7.89. The quantitative estimate of drug-likeness (QED) is 0.696. The third-order valence-corrected chi connectivity index (χ3v) is 5.18. The normalized spacial score (nSPS) is 14.4. The molecule has 8 heteroatoms. The van der Waals surface area contributed by atoms with Crippen molar-refractivity contribution in [2.45, 2.75) is 31.1 Å². The summed E-state index contributed by atoms with van der Waals surface area (Å²) < 4.78 is 27.1. The highest BCUT2D eigenvalue weighted by Gasteiger charge is 2.25. The molecular weight excluding hydrogens is 332 g/mol. The summed E-state index contributed by atoms with van der Waals surface area (Å²) >= 11 is 0. The van der Waals surface area contributed by atoms with Gasteiger partial charge in [-0.2, -0.15) is 0 Å². The van der Waals surface area contributed by atoms with Gasteiger partial charge in [-0.05, 0) is 43.4 Å². The minimum Gasteiger partial charge on any atom is -0.480 e. The molecule has 132 valence electrons. The van der Waals surface area contributed by atoms with Crippen LogP contribution in [0, 0.1) is 5.92 Å². The van der Waals surface area contributed by atoms with E-state index < -0.39 is 28.4 Å². The molecule has 7 nitrogen and oxygen atoms in total. The molecule has 2 rings (SSSR count). The highest BCUT2D eigenvalue weighted by Crippen LogP contribution is 2.28. The Morgan fingerprint density at radius 1 is 1.33 bits per heavy atom. The second-order valence-electron chi connectivity index (χ2n) is 5.94. The van der Waals surface area contributed by atoms with E-state index in [9.17, 15) is 18.0 Å². The van der Waals surface area contributed by atoms with Crippen LogP contribution in [0.3, 0.4) is 0 Å². The summed E-state index contributed by atoms with van der Waals surface area (Å²) in [6, 6.07) is 5.70. The number of amides is 1. The maximum absolute atomic E-state index is 12.5. The molecule has 1 aromatic rings. The van der Waals surface area contributed by atoms with Crippen LogP contribution in [0.25, 0.3) is 0 Å². The molecule has 1 aliphatic rings. The van der Waals surface area contributed by atoms with E-state index in [2.05, 4.69) is 4.72 Å². The zero-order valence-electron chi connectivity index (χ0n) is 13.6. The van der Waals surface area contributed by atoms with Crippen molar-refractivity contribution in [1.82, 2.24) is 9.62 Å². The molecule has 1 fully saturated rings. The Labute approximate surface area is 141 Å². The molecule has 2 N–H and O–H groups in total. The number of nitrogens with zero attached hydrogens (tertiary/aromatic N) is 1. The summed E-state index contributed by atoms with van der Waals surface area (Å²) in [6.07, 6.45) is 2.67. The van der Waals surface area contributed by atoms with Gasteiger partial charge in [0.2, 0.25) is 10.0 Å². The zero-order chi connectivity index (χ0) is 17.7. The maximum Gasteiger partial charge on any atom is 0.323 e. The Morgan fingerprint density at radius 2 is 2.04 bits per heavy atom. The predicted octanol–water partition coefficient (Wildman–Crippen LogP) is 1.31. The van der Waals surface area contributed by atoms with Crippen LogP contribution in [0.5, 0.6) is 0 Å². The number of hydrogen-bond donors (Lipinski definition) is 2. The average molecular weight is 354 g/mol. The van der Waals surface area contributed by atoms with Crippen molar-refractivity contribution in [1.29, 1.82) is 0 Å². The molecule has 1 aromatic carbocycles. The van der Waals surface area contributed by atoms with Crippen molar-refractivity contribution in [2.75, 3.05) is 19.6 Å². The molecule has 0 aromatic heterocycles. The van der Waals surface area contributed by atoms with Crippen LogP contribution in [0.1, 0.15) is 36.5 Å². The molecule has 0 radical (unpaired) electrons. The molecule has 24 heavy (non-hydrogen) atoms. The van der Waals surface area contributed by atoms with Gasteiger partial charge in [0.05, 0.1) is 4.90 Å². The number of aliphatic carboxylic acids is 1. The number of carboxylic acids is 1. The standard InChI is InChI=1S/C16H22N2O5S/c1-2-8-18(11-15(19)20)16(21)13-4-3-5-14(9-13)24(22,23)17-10-12-6-7-12/h3-5,9,12,17H,2,6-8,10-11H2,1H3,(H,19,20). The van der Waals surface area contributed by atoms with Gasteiger partial charge in [-0.15, -0.1) is 0 Å². The van der Waals surface area contributed by atoms with E-state index in [-0.39, 0.29) is 10.5 Å². The SMILES string of the molecule is CCCN(CC(=O)O)C(=O)c1cccc(S(=O)(=O)NCC2CC2)c1. The lowest BCUT2D eigenvalue weighted by atomic mass is 10.2. The Hall–Kier alpha value is -1.93. The van der Waals surface area contributed by atoms with Gasteiger partial charge in [-0.1, -0.05) is 13.0 Å². The van der Waals surface area contributed by atoms with Crippen molar-refractivity contribution in [2.24, 2.45) is 5.92 Å². The third kappa shape index (κ3) is 5.04. The molecule has 0 saturated heterocycles. The van der Waals surface area contributed by atoms with Gasteiger partial charge in [-0.25, -0.2) is 13.1 Å². The van der Waals surface area contributed by atoms with Crippen molar-refractivity contribution >= 4 is 21.9 Å². The number of carbonyl (C=O) groups is 2. The first-order valence-electron chi connectivity index (χ1n) is 7.94. The van der Waals surface area contributed by atoms with Gasteiger partial charge in [0.15, 0.2) is 0 Å². The van der Waals surface area contributed by atoms with Crippen LogP contribution in [0.15, 0.2) is 29.2 Å². The van der Waals surface area contributed by atoms with Crippen LogP contribution in [-0.2, 0) is 14.8 Å². The smallest absolute Gasteiger partial charge is 0.323 e. The van der Waals surface area contributed by atoms with Gasteiger partial charge in [0, 0.05) is 18.7 Å². The van der Waals surface area contributed by atoms with Gasteiger partial charge >= 0.3 is 5.97 Å². The van der Waals surface area contributed by atoms with Gasteiger partial charge in [-0.3, -0.25) is 9.59 Å². The summed E-state index contributed by atoms with van der Waals surface area (Å²) in [7, 11) is -3.67. The summed E-state index contributed by atoms with van der Waals surface area (Å²) in [6.45, 7) is 2.12. The summed E-state index contributed by atoms with van der Waals surface area (Å²) in [4.78, 5) is 24.6. The van der Waals surface area contributed by atoms with Crippen molar-refractivity contribution in [3.8, 4) is 0 Å². The maximum atomic E-state index is 12.5. The number of rotatable bonds is 9. The van der Waals surface area contributed by atoms with Gasteiger partial charge in [0.25, 0.3) is 5.91 Å². The van der Waals surface area contributed by atoms with E-state index in [1.807, 2.05) is 6.92 Å². The van der Waals surface area contributed by atoms with E-state index in [0.717, 1.165) is 12.8 Å². The number of sulfonamides is 1. The first-order chi connectivity index (χ1) is 11.3. The first kappa shape index (κ1) is 18.4. The monoisotopic (exact) mass is 354 g/mol. The molecule has 0 unspecified atom stereocenters. The first-order valence-corrected chi connectivity index (χ1v) is 9.42. The van der Waals surface area contributed by atoms with Crippen molar-refractivity contribution in [3.05, 3.63) is 29.8 Å². The summed E-state index contributed by atoms with van der Waals surface area (Å²) in [5.41, 5.74) is 0.166. The van der Waals surface area contributed by atoms with Crippen molar-refractivity contribution in [3.63, 3.8) is 0 Å². The lowest BCUT2D eigenvalue weighted by molar-refractivity contribution is -0.137. The lowest BCUT2D eigenvalue weighted by Crippen LogP contribution is -2.36.